The van der Waals surface area contributed by atoms with Gasteiger partial charge in [-0.2, -0.15) is 0 Å². The Morgan fingerprint density at radius 1 is 1.20 bits per heavy atom. The number of aromatic nitrogens is 5. The third kappa shape index (κ3) is 5.00. The van der Waals surface area contributed by atoms with Gasteiger partial charge in [0.1, 0.15) is 11.5 Å². The maximum atomic E-state index is 13.1. The summed E-state index contributed by atoms with van der Waals surface area (Å²) in [7, 11) is 0. The monoisotopic (exact) mass is 476 g/mol. The van der Waals surface area contributed by atoms with E-state index in [4.69, 9.17) is 9.15 Å². The average Bonchev–Trinajstić information content (AvgIpc) is 3.63. The number of furan rings is 1. The van der Waals surface area contributed by atoms with Gasteiger partial charge in [-0.05, 0) is 73.0 Å². The molecule has 0 unspecified atom stereocenters. The van der Waals surface area contributed by atoms with Gasteiger partial charge in [-0.3, -0.25) is 9.69 Å². The summed E-state index contributed by atoms with van der Waals surface area (Å²) in [5.74, 6) is 2.47. The van der Waals surface area contributed by atoms with Crippen molar-refractivity contribution in [3.63, 3.8) is 0 Å². The van der Waals surface area contributed by atoms with Gasteiger partial charge in [-0.1, -0.05) is 19.8 Å². The van der Waals surface area contributed by atoms with E-state index in [2.05, 4.69) is 32.3 Å². The molecule has 1 atom stereocenters. The van der Waals surface area contributed by atoms with Crippen LogP contribution in [0.5, 0.6) is 5.75 Å². The molecule has 1 fully saturated rings. The number of fused-ring (bicyclic) bond motifs is 1. The zero-order chi connectivity index (χ0) is 24.2. The van der Waals surface area contributed by atoms with E-state index in [1.54, 1.807) is 6.26 Å². The largest absolute Gasteiger partial charge is 0.494 e. The highest BCUT2D eigenvalue weighted by molar-refractivity contribution is 5.80. The number of tetrazole rings is 1. The second-order valence-electron chi connectivity index (χ2n) is 9.13. The van der Waals surface area contributed by atoms with Crippen LogP contribution in [0.25, 0.3) is 10.9 Å². The highest BCUT2D eigenvalue weighted by Crippen LogP contribution is 2.33. The van der Waals surface area contributed by atoms with Crippen molar-refractivity contribution in [1.82, 2.24) is 30.1 Å². The van der Waals surface area contributed by atoms with Crippen LogP contribution in [0.4, 0.5) is 0 Å². The molecular weight excluding hydrogens is 444 g/mol. The number of nitrogens with zero attached hydrogens (tertiary/aromatic N) is 5. The quantitative estimate of drug-likeness (QED) is 0.352. The second-order valence-corrected chi connectivity index (χ2v) is 9.13. The first-order valence-corrected chi connectivity index (χ1v) is 12.5. The van der Waals surface area contributed by atoms with E-state index in [0.717, 1.165) is 47.5 Å². The number of rotatable bonds is 10. The third-order valence-corrected chi connectivity index (χ3v) is 6.83. The van der Waals surface area contributed by atoms with Gasteiger partial charge in [0.25, 0.3) is 5.56 Å². The van der Waals surface area contributed by atoms with Gasteiger partial charge in [-0.25, -0.2) is 4.68 Å². The predicted molar refractivity (Wildman–Crippen MR) is 132 cm³/mol. The molecule has 1 aliphatic carbocycles. The van der Waals surface area contributed by atoms with Crippen LogP contribution >= 0.6 is 0 Å². The number of aromatic amines is 1. The Balaban J connectivity index is 1.51. The van der Waals surface area contributed by atoms with Crippen molar-refractivity contribution < 1.29 is 9.15 Å². The Labute approximate surface area is 204 Å². The highest BCUT2D eigenvalue weighted by atomic mass is 16.5. The van der Waals surface area contributed by atoms with E-state index in [0.29, 0.717) is 31.3 Å². The summed E-state index contributed by atoms with van der Waals surface area (Å²) in [4.78, 5) is 18.3. The van der Waals surface area contributed by atoms with Crippen molar-refractivity contribution in [3.05, 3.63) is 70.2 Å². The first kappa shape index (κ1) is 23.3. The number of ether oxygens (including phenoxy) is 1. The topological polar surface area (TPSA) is 102 Å². The molecule has 1 aliphatic rings. The van der Waals surface area contributed by atoms with Crippen molar-refractivity contribution in [2.45, 2.75) is 71.1 Å². The van der Waals surface area contributed by atoms with Crippen molar-refractivity contribution in [2.24, 2.45) is 0 Å². The number of nitrogens with one attached hydrogen (secondary N) is 1. The SMILES string of the molecule is CCOc1ccc2[nH]c(=O)c(CN(Cc3ccco3)[C@H](CC)c3nnnn3C3CCCC3)cc2c1. The lowest BCUT2D eigenvalue weighted by Gasteiger charge is -2.30. The Kier molecular flexibility index (Phi) is 6.94. The number of pyridine rings is 1. The van der Waals surface area contributed by atoms with Gasteiger partial charge in [0.2, 0.25) is 0 Å². The number of hydrogen-bond donors (Lipinski definition) is 1. The molecule has 3 aromatic heterocycles. The van der Waals surface area contributed by atoms with E-state index < -0.39 is 0 Å². The average molecular weight is 477 g/mol. The smallest absolute Gasteiger partial charge is 0.252 e. The van der Waals surface area contributed by atoms with Gasteiger partial charge in [0.15, 0.2) is 5.82 Å². The summed E-state index contributed by atoms with van der Waals surface area (Å²) in [6.07, 6.45) is 7.07. The first-order valence-electron chi connectivity index (χ1n) is 12.5. The van der Waals surface area contributed by atoms with Gasteiger partial charge in [0.05, 0.1) is 31.5 Å². The summed E-state index contributed by atoms with van der Waals surface area (Å²) in [5, 5.41) is 13.8. The Hall–Kier alpha value is -3.46. The molecule has 4 aromatic rings. The van der Waals surface area contributed by atoms with Crippen molar-refractivity contribution >= 4 is 10.9 Å². The molecule has 0 amide bonds. The maximum absolute atomic E-state index is 13.1. The van der Waals surface area contributed by atoms with Crippen molar-refractivity contribution in [1.29, 1.82) is 0 Å². The van der Waals surface area contributed by atoms with Gasteiger partial charge in [-0.15, -0.1) is 5.10 Å². The van der Waals surface area contributed by atoms with Gasteiger partial charge >= 0.3 is 0 Å². The Bertz CT molecular complexity index is 1310. The third-order valence-electron chi connectivity index (χ3n) is 6.83. The van der Waals surface area contributed by atoms with Crippen LogP contribution in [-0.4, -0.2) is 36.7 Å². The molecule has 0 spiro atoms. The molecule has 0 saturated heterocycles. The van der Waals surface area contributed by atoms with E-state index in [1.807, 2.05) is 48.0 Å². The van der Waals surface area contributed by atoms with Crippen LogP contribution in [-0.2, 0) is 13.1 Å². The van der Waals surface area contributed by atoms with E-state index >= 15 is 0 Å². The molecule has 9 nitrogen and oxygen atoms in total. The number of hydrogen-bond acceptors (Lipinski definition) is 7. The fourth-order valence-electron chi connectivity index (χ4n) is 5.13. The second kappa shape index (κ2) is 10.4. The van der Waals surface area contributed by atoms with Crippen LogP contribution in [0.3, 0.4) is 0 Å². The molecule has 0 bridgehead atoms. The normalized spacial score (nSPS) is 15.3. The fourth-order valence-corrected chi connectivity index (χ4v) is 5.13. The lowest BCUT2D eigenvalue weighted by molar-refractivity contribution is 0.146. The zero-order valence-corrected chi connectivity index (χ0v) is 20.3. The van der Waals surface area contributed by atoms with Crippen LogP contribution in [0, 0.1) is 0 Å². The standard InChI is InChI=1S/C26H32N6O3/c1-3-24(25-28-29-30-32(25)20-8-5-6-9-20)31(17-22-10-7-13-35-22)16-19-14-18-15-21(34-4-2)11-12-23(18)27-26(19)33/h7,10-15,20,24H,3-6,8-9,16-17H2,1-2H3,(H,27,33)/t24-/m1/s1. The van der Waals surface area contributed by atoms with E-state index in [9.17, 15) is 4.79 Å². The Morgan fingerprint density at radius 2 is 2.06 bits per heavy atom. The number of H-pyrrole nitrogens is 1. The summed E-state index contributed by atoms with van der Waals surface area (Å²) >= 11 is 0. The zero-order valence-electron chi connectivity index (χ0n) is 20.3. The summed E-state index contributed by atoms with van der Waals surface area (Å²) in [6.45, 7) is 5.65. The molecular formula is C26H32N6O3. The molecule has 9 heteroatoms. The predicted octanol–water partition coefficient (Wildman–Crippen LogP) is 4.77. The molecule has 1 N–H and O–H groups in total. The number of benzene rings is 1. The fraction of sp³-hybridized carbons (Fsp3) is 0.462. The molecule has 3 heterocycles. The summed E-state index contributed by atoms with van der Waals surface area (Å²) in [5.41, 5.74) is 1.37. The van der Waals surface area contributed by atoms with E-state index in [1.165, 1.54) is 12.8 Å². The van der Waals surface area contributed by atoms with Crippen LogP contribution in [0.15, 0.2) is 51.9 Å². The minimum absolute atomic E-state index is 0.0689. The summed E-state index contributed by atoms with van der Waals surface area (Å²) < 4.78 is 13.4. The molecule has 0 aliphatic heterocycles. The minimum atomic E-state index is -0.101. The molecule has 5 rings (SSSR count). The van der Waals surface area contributed by atoms with Crippen molar-refractivity contribution in [3.8, 4) is 5.75 Å². The van der Waals surface area contributed by atoms with E-state index in [-0.39, 0.29) is 11.6 Å². The first-order chi connectivity index (χ1) is 17.2. The van der Waals surface area contributed by atoms with Gasteiger partial charge in [0, 0.05) is 23.0 Å². The lowest BCUT2D eigenvalue weighted by atomic mass is 10.1. The Morgan fingerprint density at radius 3 is 2.80 bits per heavy atom. The molecule has 1 saturated carbocycles. The van der Waals surface area contributed by atoms with Crippen LogP contribution in [0.2, 0.25) is 0 Å². The maximum Gasteiger partial charge on any atom is 0.252 e. The molecule has 0 radical (unpaired) electrons. The molecule has 184 valence electrons. The molecule has 1 aromatic carbocycles. The van der Waals surface area contributed by atoms with Gasteiger partial charge < -0.3 is 14.1 Å². The highest BCUT2D eigenvalue weighted by Gasteiger charge is 2.30. The van der Waals surface area contributed by atoms with Crippen LogP contribution in [0.1, 0.15) is 75.2 Å². The molecule has 35 heavy (non-hydrogen) atoms. The minimum Gasteiger partial charge on any atom is -0.494 e. The summed E-state index contributed by atoms with van der Waals surface area (Å²) in [6, 6.07) is 11.8. The van der Waals surface area contributed by atoms with Crippen LogP contribution < -0.4 is 10.3 Å². The van der Waals surface area contributed by atoms with Crippen molar-refractivity contribution in [2.75, 3.05) is 6.61 Å². The lowest BCUT2D eigenvalue weighted by Crippen LogP contribution is -2.32.